The van der Waals surface area contributed by atoms with Gasteiger partial charge in [-0.05, 0) is 35.9 Å². The van der Waals surface area contributed by atoms with Gasteiger partial charge in [0.25, 0.3) is 5.91 Å². The monoisotopic (exact) mass is 351 g/mol. The van der Waals surface area contributed by atoms with Crippen molar-refractivity contribution in [3.8, 4) is 6.07 Å². The number of hydrogen-bond donors (Lipinski definition) is 3. The number of aliphatic hydroxyl groups is 1. The number of nitriles is 1. The first-order valence-electron chi connectivity index (χ1n) is 8.04. The van der Waals surface area contributed by atoms with Gasteiger partial charge in [0, 0.05) is 11.3 Å². The molecule has 2 aromatic rings. The first-order chi connectivity index (χ1) is 12.6. The highest BCUT2D eigenvalue weighted by molar-refractivity contribution is 6.04. The summed E-state index contributed by atoms with van der Waals surface area (Å²) in [6, 6.07) is 14.9. The van der Waals surface area contributed by atoms with Crippen molar-refractivity contribution in [1.82, 2.24) is 5.32 Å². The van der Waals surface area contributed by atoms with E-state index >= 15 is 0 Å². The largest absolute Gasteiger partial charge is 0.394 e. The molecule has 0 aliphatic carbocycles. The van der Waals surface area contributed by atoms with Gasteiger partial charge in [0.2, 0.25) is 5.91 Å². The molecule has 1 aliphatic heterocycles. The Morgan fingerprint density at radius 2 is 2.08 bits per heavy atom. The second-order valence-electron chi connectivity index (χ2n) is 5.86. The van der Waals surface area contributed by atoms with Gasteiger partial charge in [-0.1, -0.05) is 18.2 Å². The van der Waals surface area contributed by atoms with Gasteiger partial charge in [-0.15, -0.1) is 0 Å². The first-order valence-corrected chi connectivity index (χ1v) is 8.04. The molecule has 0 unspecified atom stereocenters. The Morgan fingerprint density at radius 1 is 1.31 bits per heavy atom. The van der Waals surface area contributed by atoms with Crippen LogP contribution >= 0.6 is 0 Å². The van der Waals surface area contributed by atoms with Crippen LogP contribution in [0.4, 0.5) is 5.69 Å². The molecule has 26 heavy (non-hydrogen) atoms. The van der Waals surface area contributed by atoms with Gasteiger partial charge in [0.1, 0.15) is 12.7 Å². The summed E-state index contributed by atoms with van der Waals surface area (Å²) in [4.78, 5) is 23.6. The third-order valence-electron chi connectivity index (χ3n) is 4.05. The van der Waals surface area contributed by atoms with Crippen LogP contribution in [0.2, 0.25) is 0 Å². The first kappa shape index (κ1) is 17.6. The fourth-order valence-corrected chi connectivity index (χ4v) is 2.77. The topological polar surface area (TPSA) is 111 Å². The lowest BCUT2D eigenvalue weighted by Gasteiger charge is -2.31. The van der Waals surface area contributed by atoms with E-state index in [0.29, 0.717) is 16.8 Å². The van der Waals surface area contributed by atoms with Crippen LogP contribution in [0.3, 0.4) is 0 Å². The smallest absolute Gasteiger partial charge is 0.255 e. The predicted octanol–water partition coefficient (Wildman–Crippen LogP) is 1.36. The molecule has 3 N–H and O–H groups in total. The molecular formula is C19H17N3O4. The summed E-state index contributed by atoms with van der Waals surface area (Å²) in [5.74, 6) is -0.576. The Labute approximate surface area is 150 Å². The van der Waals surface area contributed by atoms with Gasteiger partial charge in [0.05, 0.1) is 24.3 Å². The van der Waals surface area contributed by atoms with E-state index in [1.165, 1.54) is 6.07 Å². The van der Waals surface area contributed by atoms with Gasteiger partial charge < -0.3 is 20.5 Å². The summed E-state index contributed by atoms with van der Waals surface area (Å²) in [6.45, 7) is -0.293. The average molecular weight is 351 g/mol. The molecule has 132 valence electrons. The van der Waals surface area contributed by atoms with Crippen molar-refractivity contribution < 1.29 is 19.4 Å². The van der Waals surface area contributed by atoms with Crippen molar-refractivity contribution in [2.45, 2.75) is 12.1 Å². The number of rotatable bonds is 4. The maximum atomic E-state index is 12.3. The highest BCUT2D eigenvalue weighted by atomic mass is 16.5. The Morgan fingerprint density at radius 3 is 2.77 bits per heavy atom. The van der Waals surface area contributed by atoms with E-state index in [4.69, 9.17) is 10.00 Å². The quantitative estimate of drug-likeness (QED) is 0.770. The van der Waals surface area contributed by atoms with Crippen LogP contribution in [-0.2, 0) is 9.53 Å². The van der Waals surface area contributed by atoms with E-state index in [-0.39, 0.29) is 25.0 Å². The van der Waals surface area contributed by atoms with Crippen molar-refractivity contribution in [1.29, 1.82) is 5.26 Å². The highest BCUT2D eigenvalue weighted by Crippen LogP contribution is 2.25. The number of nitrogens with zero attached hydrogens (tertiary/aromatic N) is 1. The number of nitrogens with one attached hydrogen (secondary N) is 2. The molecule has 1 fully saturated rings. The van der Waals surface area contributed by atoms with Gasteiger partial charge in [-0.2, -0.15) is 5.26 Å². The molecule has 3 rings (SSSR count). The van der Waals surface area contributed by atoms with Crippen molar-refractivity contribution in [2.24, 2.45) is 0 Å². The van der Waals surface area contributed by atoms with E-state index in [1.807, 2.05) is 6.07 Å². The number of hydrogen-bond acceptors (Lipinski definition) is 5. The van der Waals surface area contributed by atoms with E-state index in [1.54, 1.807) is 42.5 Å². The number of aliphatic hydroxyl groups excluding tert-OH is 1. The molecule has 2 amide bonds. The third-order valence-corrected chi connectivity index (χ3v) is 4.05. The number of anilines is 1. The Bertz CT molecular complexity index is 858. The van der Waals surface area contributed by atoms with E-state index in [9.17, 15) is 14.7 Å². The normalized spacial score (nSPS) is 19.3. The van der Waals surface area contributed by atoms with Gasteiger partial charge in [-0.25, -0.2) is 0 Å². The molecule has 0 radical (unpaired) electrons. The number of carbonyl (C=O) groups is 2. The SMILES string of the molecule is N#Cc1cccc(C(=O)Nc2ccc([C@H]3OCC(=O)N[C@@H]3CO)cc2)c1. The molecule has 2 aromatic carbocycles. The molecule has 0 saturated carbocycles. The van der Waals surface area contributed by atoms with Crippen molar-refractivity contribution in [3.63, 3.8) is 0 Å². The summed E-state index contributed by atoms with van der Waals surface area (Å²) in [5.41, 5.74) is 2.18. The average Bonchev–Trinajstić information content (AvgIpc) is 2.68. The minimum atomic E-state index is -0.509. The van der Waals surface area contributed by atoms with Crippen LogP contribution in [0.15, 0.2) is 48.5 Å². The summed E-state index contributed by atoms with van der Waals surface area (Å²) in [6.07, 6.45) is -0.449. The van der Waals surface area contributed by atoms with E-state index in [0.717, 1.165) is 5.56 Å². The van der Waals surface area contributed by atoms with Crippen LogP contribution in [0, 0.1) is 11.3 Å². The van der Waals surface area contributed by atoms with Crippen LogP contribution in [0.25, 0.3) is 0 Å². The fourth-order valence-electron chi connectivity index (χ4n) is 2.77. The molecule has 1 heterocycles. The molecular weight excluding hydrogens is 334 g/mol. The number of carbonyl (C=O) groups excluding carboxylic acids is 2. The molecule has 0 bridgehead atoms. The number of ether oxygens (including phenoxy) is 1. The minimum Gasteiger partial charge on any atom is -0.394 e. The summed E-state index contributed by atoms with van der Waals surface area (Å²) >= 11 is 0. The molecule has 2 atom stereocenters. The lowest BCUT2D eigenvalue weighted by Crippen LogP contribution is -2.49. The molecule has 1 saturated heterocycles. The predicted molar refractivity (Wildman–Crippen MR) is 93.3 cm³/mol. The van der Waals surface area contributed by atoms with Crippen LogP contribution in [0.5, 0.6) is 0 Å². The molecule has 7 heteroatoms. The third kappa shape index (κ3) is 3.88. The second-order valence-corrected chi connectivity index (χ2v) is 5.86. The van der Waals surface area contributed by atoms with Crippen molar-refractivity contribution in [3.05, 3.63) is 65.2 Å². The van der Waals surface area contributed by atoms with Crippen LogP contribution < -0.4 is 10.6 Å². The van der Waals surface area contributed by atoms with E-state index in [2.05, 4.69) is 10.6 Å². The van der Waals surface area contributed by atoms with Gasteiger partial charge in [-0.3, -0.25) is 9.59 Å². The van der Waals surface area contributed by atoms with Crippen molar-refractivity contribution in [2.75, 3.05) is 18.5 Å². The maximum Gasteiger partial charge on any atom is 0.255 e. The zero-order valence-corrected chi connectivity index (χ0v) is 13.8. The molecule has 1 aliphatic rings. The molecule has 7 nitrogen and oxygen atoms in total. The Kier molecular flexibility index (Phi) is 5.27. The van der Waals surface area contributed by atoms with Gasteiger partial charge >= 0.3 is 0 Å². The lowest BCUT2D eigenvalue weighted by molar-refractivity contribution is -0.138. The Balaban J connectivity index is 1.70. The standard InChI is InChI=1S/C19H17N3O4/c20-9-12-2-1-3-14(8-12)19(25)21-15-6-4-13(5-7-15)18-16(10-23)22-17(24)11-26-18/h1-8,16,18,23H,10-11H2,(H,21,25)(H,22,24)/t16-,18-/m1/s1. The summed E-state index contributed by atoms with van der Waals surface area (Å²) in [7, 11) is 0. The number of amides is 2. The fraction of sp³-hybridized carbons (Fsp3) is 0.211. The zero-order chi connectivity index (χ0) is 18.5. The van der Waals surface area contributed by atoms with Crippen LogP contribution in [-0.4, -0.2) is 36.2 Å². The molecule has 0 aromatic heterocycles. The summed E-state index contributed by atoms with van der Waals surface area (Å²) < 4.78 is 5.51. The molecule has 0 spiro atoms. The highest BCUT2D eigenvalue weighted by Gasteiger charge is 2.30. The zero-order valence-electron chi connectivity index (χ0n) is 13.8. The second kappa shape index (κ2) is 7.78. The number of morpholine rings is 1. The van der Waals surface area contributed by atoms with Crippen molar-refractivity contribution >= 4 is 17.5 Å². The minimum absolute atomic E-state index is 0.0606. The number of benzene rings is 2. The van der Waals surface area contributed by atoms with E-state index < -0.39 is 12.1 Å². The summed E-state index contributed by atoms with van der Waals surface area (Å²) in [5, 5.41) is 23.8. The van der Waals surface area contributed by atoms with Crippen LogP contribution in [0.1, 0.15) is 27.6 Å². The lowest BCUT2D eigenvalue weighted by atomic mass is 10.0. The van der Waals surface area contributed by atoms with Gasteiger partial charge in [0.15, 0.2) is 0 Å². The maximum absolute atomic E-state index is 12.3. The Hall–Kier alpha value is -3.21.